The first-order valence-electron chi connectivity index (χ1n) is 15.8. The molecule has 9 unspecified atom stereocenters. The number of fused-ring (bicyclic) bond motifs is 2. The molecule has 0 saturated heterocycles. The quantitative estimate of drug-likeness (QED) is 0.346. The zero-order chi connectivity index (χ0) is 26.7. The predicted molar refractivity (Wildman–Crippen MR) is 158 cm³/mol. The normalized spacial score (nSPS) is 40.7. The van der Waals surface area contributed by atoms with E-state index in [1.165, 1.54) is 64.2 Å². The molecule has 0 N–H and O–H groups in total. The third kappa shape index (κ3) is 7.16. The van der Waals surface area contributed by atoms with Crippen molar-refractivity contribution < 1.29 is 0 Å². The van der Waals surface area contributed by atoms with Crippen molar-refractivity contribution in [3.63, 3.8) is 0 Å². The molecule has 3 saturated carbocycles. The van der Waals surface area contributed by atoms with Gasteiger partial charge in [0.05, 0.1) is 0 Å². The molecule has 9 atom stereocenters. The van der Waals surface area contributed by atoms with Crippen molar-refractivity contribution in [2.75, 3.05) is 0 Å². The monoisotopic (exact) mass is 477 g/mol. The Morgan fingerprint density at radius 3 is 1.91 bits per heavy atom. The summed E-state index contributed by atoms with van der Waals surface area (Å²) in [5.74, 6) is 5.96. The highest BCUT2D eigenvalue weighted by Gasteiger charge is 2.59. The number of unbranched alkanes of at least 4 members (excludes halogenated alkanes) is 1. The Balaban J connectivity index is 0.00000141. The van der Waals surface area contributed by atoms with Gasteiger partial charge in [-0.2, -0.15) is 0 Å². The van der Waals surface area contributed by atoms with Gasteiger partial charge >= 0.3 is 0 Å². The van der Waals surface area contributed by atoms with Crippen LogP contribution in [0.1, 0.15) is 154 Å². The van der Waals surface area contributed by atoms with E-state index in [1.54, 1.807) is 5.57 Å². The van der Waals surface area contributed by atoms with Gasteiger partial charge in [0.1, 0.15) is 0 Å². The molecule has 0 amide bonds. The number of allylic oxidation sites excluding steroid dienone is 1. The summed E-state index contributed by atoms with van der Waals surface area (Å²) >= 11 is 0. The average Bonchev–Trinajstić information content (AvgIpc) is 2.81. The molecule has 0 heteroatoms. The zero-order valence-electron chi connectivity index (χ0n) is 26.3. The molecule has 0 bridgehead atoms. The van der Waals surface area contributed by atoms with Gasteiger partial charge in [-0.15, -0.1) is 0 Å². The van der Waals surface area contributed by atoms with E-state index in [0.717, 1.165) is 41.4 Å². The Kier molecular flexibility index (Phi) is 15.6. The first kappa shape index (κ1) is 33.7. The molecular weight excluding hydrogens is 408 g/mol. The van der Waals surface area contributed by atoms with Crippen LogP contribution in [0.15, 0.2) is 12.2 Å². The van der Waals surface area contributed by atoms with Crippen LogP contribution in [0.25, 0.3) is 0 Å². The van der Waals surface area contributed by atoms with Crippen LogP contribution in [0.4, 0.5) is 0 Å². The predicted octanol–water partition coefficient (Wildman–Crippen LogP) is 12.0. The molecule has 0 aromatic carbocycles. The maximum atomic E-state index is 4.89. The Hall–Kier alpha value is -0.260. The van der Waals surface area contributed by atoms with E-state index in [2.05, 4.69) is 62.3 Å². The van der Waals surface area contributed by atoms with Crippen LogP contribution in [0.5, 0.6) is 0 Å². The average molecular weight is 477 g/mol. The lowest BCUT2D eigenvalue weighted by atomic mass is 9.41. The molecule has 34 heavy (non-hydrogen) atoms. The fraction of sp³-hybridized carbons (Fsp3) is 0.941. The van der Waals surface area contributed by atoms with Crippen molar-refractivity contribution in [3.05, 3.63) is 12.2 Å². The van der Waals surface area contributed by atoms with Crippen molar-refractivity contribution in [2.24, 2.45) is 52.3 Å². The van der Waals surface area contributed by atoms with E-state index in [9.17, 15) is 0 Å². The number of hydrogen-bond acceptors (Lipinski definition) is 0. The molecule has 3 aliphatic rings. The molecule has 0 aromatic heterocycles. The first-order chi connectivity index (χ1) is 16.1. The summed E-state index contributed by atoms with van der Waals surface area (Å²) < 4.78 is 0. The van der Waals surface area contributed by atoms with Gasteiger partial charge < -0.3 is 0 Å². The van der Waals surface area contributed by atoms with E-state index in [-0.39, 0.29) is 0 Å². The smallest absolute Gasteiger partial charge is 0.0120 e. The topological polar surface area (TPSA) is 0 Å². The lowest BCUT2D eigenvalue weighted by Crippen LogP contribution is -2.56. The van der Waals surface area contributed by atoms with Gasteiger partial charge in [-0.25, -0.2) is 0 Å². The van der Waals surface area contributed by atoms with Crippen LogP contribution in [0.3, 0.4) is 0 Å². The molecule has 0 heterocycles. The number of rotatable bonds is 5. The van der Waals surface area contributed by atoms with Crippen LogP contribution in [-0.2, 0) is 0 Å². The summed E-state index contributed by atoms with van der Waals surface area (Å²) in [6.07, 6.45) is 14.0. The van der Waals surface area contributed by atoms with Crippen molar-refractivity contribution >= 4 is 0 Å². The molecule has 204 valence electrons. The van der Waals surface area contributed by atoms with Gasteiger partial charge in [0, 0.05) is 0 Å². The molecule has 0 nitrogen and oxygen atoms in total. The van der Waals surface area contributed by atoms with Crippen LogP contribution in [0, 0.1) is 52.3 Å². The van der Waals surface area contributed by atoms with E-state index in [1.807, 2.05) is 27.7 Å². The molecular formula is C34H68. The maximum absolute atomic E-state index is 4.89. The lowest BCUT2D eigenvalue weighted by molar-refractivity contribution is -0.106. The zero-order valence-corrected chi connectivity index (χ0v) is 26.3. The van der Waals surface area contributed by atoms with E-state index in [0.29, 0.717) is 10.8 Å². The fourth-order valence-electron chi connectivity index (χ4n) is 9.04. The molecule has 0 radical (unpaired) electrons. The highest BCUT2D eigenvalue weighted by atomic mass is 14.6. The minimum absolute atomic E-state index is 0.490. The summed E-state index contributed by atoms with van der Waals surface area (Å²) in [6.45, 7) is 34.8. The summed E-state index contributed by atoms with van der Waals surface area (Å²) in [7, 11) is 0. The Labute approximate surface area is 218 Å². The summed E-state index contributed by atoms with van der Waals surface area (Å²) in [6, 6.07) is 0. The molecule has 3 rings (SSSR count). The fourth-order valence-corrected chi connectivity index (χ4v) is 9.04. The SMILES string of the molecule is C=C1C2C(CCC(CCCC)C2C)CC2(C)CC(C)(CC)C(CC)C(C)C12.CC.CC.CCC. The summed E-state index contributed by atoms with van der Waals surface area (Å²) in [5.41, 5.74) is 2.70. The molecule has 3 fully saturated rings. The first-order valence-corrected chi connectivity index (χ1v) is 15.8. The van der Waals surface area contributed by atoms with Crippen LogP contribution in [-0.4, -0.2) is 0 Å². The van der Waals surface area contributed by atoms with Crippen LogP contribution in [0.2, 0.25) is 0 Å². The molecule has 0 spiro atoms. The van der Waals surface area contributed by atoms with Gasteiger partial charge in [-0.05, 0) is 77.9 Å². The second kappa shape index (κ2) is 15.8. The van der Waals surface area contributed by atoms with Gasteiger partial charge in [0.25, 0.3) is 0 Å². The van der Waals surface area contributed by atoms with E-state index >= 15 is 0 Å². The highest BCUT2D eigenvalue weighted by molar-refractivity contribution is 5.23. The highest BCUT2D eigenvalue weighted by Crippen LogP contribution is 2.67. The van der Waals surface area contributed by atoms with Crippen molar-refractivity contribution in [2.45, 2.75) is 154 Å². The standard InChI is InChI=1S/C27H48.C3H8.2C2H6/c1-9-12-13-21-14-15-22-16-27(8)17-26(7,11-3)23(10-2)19(5)25(27)20(6)24(22)18(21)4;1-3-2;2*1-2/h18-19,21-25H,6,9-17H2,1-5,7-8H3;3H2,1-2H3;2*1-2H3. The largest absolute Gasteiger partial charge is 0.0992 e. The Morgan fingerprint density at radius 2 is 1.44 bits per heavy atom. The third-order valence-corrected chi connectivity index (χ3v) is 10.1. The Bertz CT molecular complexity index is 546. The van der Waals surface area contributed by atoms with Crippen LogP contribution < -0.4 is 0 Å². The molecule has 0 aliphatic heterocycles. The molecule has 3 aliphatic carbocycles. The minimum atomic E-state index is 0.490. The third-order valence-electron chi connectivity index (χ3n) is 10.1. The van der Waals surface area contributed by atoms with Crippen LogP contribution >= 0.6 is 0 Å². The van der Waals surface area contributed by atoms with Gasteiger partial charge in [0.15, 0.2) is 0 Å². The minimum Gasteiger partial charge on any atom is -0.0992 e. The van der Waals surface area contributed by atoms with E-state index < -0.39 is 0 Å². The summed E-state index contributed by atoms with van der Waals surface area (Å²) in [5, 5.41) is 0. The maximum Gasteiger partial charge on any atom is -0.0120 e. The van der Waals surface area contributed by atoms with Gasteiger partial charge in [-0.3, -0.25) is 0 Å². The second-order valence-corrected chi connectivity index (χ2v) is 12.3. The van der Waals surface area contributed by atoms with Gasteiger partial charge in [-0.1, -0.05) is 141 Å². The Morgan fingerprint density at radius 1 is 0.882 bits per heavy atom. The second-order valence-electron chi connectivity index (χ2n) is 12.3. The van der Waals surface area contributed by atoms with Gasteiger partial charge in [0.2, 0.25) is 0 Å². The van der Waals surface area contributed by atoms with E-state index in [4.69, 9.17) is 6.58 Å². The molecule has 0 aromatic rings. The van der Waals surface area contributed by atoms with Crippen molar-refractivity contribution in [1.29, 1.82) is 0 Å². The lowest BCUT2D eigenvalue weighted by Gasteiger charge is -2.64. The summed E-state index contributed by atoms with van der Waals surface area (Å²) in [4.78, 5) is 0. The van der Waals surface area contributed by atoms with Crippen molar-refractivity contribution in [1.82, 2.24) is 0 Å². The van der Waals surface area contributed by atoms with Crippen molar-refractivity contribution in [3.8, 4) is 0 Å². The number of hydrogen-bond donors (Lipinski definition) is 0.